The van der Waals surface area contributed by atoms with Gasteiger partial charge in [-0.05, 0) is 37.8 Å². The highest BCUT2D eigenvalue weighted by molar-refractivity contribution is 5.20. The lowest BCUT2D eigenvalue weighted by Crippen LogP contribution is -1.97. The number of hydrogen-bond donors (Lipinski definition) is 0. The molecule has 0 N–H and O–H groups in total. The lowest BCUT2D eigenvalue weighted by atomic mass is 10.2. The lowest BCUT2D eigenvalue weighted by Gasteiger charge is -2.05. The van der Waals surface area contributed by atoms with Gasteiger partial charge in [0.1, 0.15) is 5.75 Å². The largest absolute Gasteiger partial charge is 0.502 e. The Bertz CT molecular complexity index is 269. The van der Waals surface area contributed by atoms with Gasteiger partial charge in [0.05, 0.1) is 19.5 Å². The molecule has 0 aliphatic rings. The van der Waals surface area contributed by atoms with Gasteiger partial charge in [0.15, 0.2) is 0 Å². The van der Waals surface area contributed by atoms with E-state index in [1.807, 2.05) is 30.3 Å². The third kappa shape index (κ3) is 6.12. The third-order valence-corrected chi connectivity index (χ3v) is 2.29. The smallest absolute Gasteiger partial charge is 0.119 e. The predicted molar refractivity (Wildman–Crippen MR) is 66.6 cm³/mol. The zero-order chi connectivity index (χ0) is 11.5. The van der Waals surface area contributed by atoms with Crippen LogP contribution < -0.4 is 4.74 Å². The lowest BCUT2D eigenvalue weighted by molar-refractivity contribution is 0.239. The van der Waals surface area contributed by atoms with Gasteiger partial charge in [-0.1, -0.05) is 24.8 Å². The van der Waals surface area contributed by atoms with Gasteiger partial charge in [0.25, 0.3) is 0 Å². The van der Waals surface area contributed by atoms with Crippen molar-refractivity contribution < 1.29 is 9.47 Å². The molecule has 0 fully saturated rings. The average molecular weight is 220 g/mol. The quantitative estimate of drug-likeness (QED) is 0.465. The molecule has 16 heavy (non-hydrogen) atoms. The van der Waals surface area contributed by atoms with Crippen molar-refractivity contribution in [1.29, 1.82) is 0 Å². The molecule has 0 aliphatic heterocycles. The fourth-order valence-corrected chi connectivity index (χ4v) is 1.43. The fraction of sp³-hybridized carbons (Fsp3) is 0.429. The van der Waals surface area contributed by atoms with Gasteiger partial charge < -0.3 is 9.47 Å². The van der Waals surface area contributed by atoms with Crippen molar-refractivity contribution in [3.8, 4) is 5.75 Å². The van der Waals surface area contributed by atoms with Gasteiger partial charge in [-0.2, -0.15) is 0 Å². The minimum atomic E-state index is 0.781. The first-order valence-corrected chi connectivity index (χ1v) is 5.84. The van der Waals surface area contributed by atoms with Crippen LogP contribution in [0.5, 0.6) is 5.75 Å². The minimum absolute atomic E-state index is 0.781. The number of hydrogen-bond acceptors (Lipinski definition) is 2. The molecule has 1 aromatic rings. The molecule has 1 aromatic carbocycles. The molecule has 2 heteroatoms. The molecule has 2 nitrogen and oxygen atoms in total. The van der Waals surface area contributed by atoms with Gasteiger partial charge in [-0.15, -0.1) is 0 Å². The Kier molecular flexibility index (Phi) is 6.97. The first kappa shape index (κ1) is 12.6. The zero-order valence-electron chi connectivity index (χ0n) is 9.73. The van der Waals surface area contributed by atoms with Crippen molar-refractivity contribution in [2.24, 2.45) is 0 Å². The number of rotatable bonds is 9. The van der Waals surface area contributed by atoms with Gasteiger partial charge >= 0.3 is 0 Å². The molecule has 0 bridgehead atoms. The maximum absolute atomic E-state index is 5.59. The van der Waals surface area contributed by atoms with Crippen LogP contribution in [0.4, 0.5) is 0 Å². The molecule has 1 rings (SSSR count). The fourth-order valence-electron chi connectivity index (χ4n) is 1.43. The first-order chi connectivity index (χ1) is 7.93. The number of ether oxygens (including phenoxy) is 2. The Morgan fingerprint density at radius 1 is 0.938 bits per heavy atom. The van der Waals surface area contributed by atoms with Gasteiger partial charge in [-0.3, -0.25) is 0 Å². The van der Waals surface area contributed by atoms with E-state index in [0.717, 1.165) is 31.8 Å². The van der Waals surface area contributed by atoms with Crippen LogP contribution in [0.1, 0.15) is 25.7 Å². The molecular formula is C14H20O2. The van der Waals surface area contributed by atoms with E-state index in [9.17, 15) is 0 Å². The predicted octanol–water partition coefficient (Wildman–Crippen LogP) is 3.79. The highest BCUT2D eigenvalue weighted by Gasteiger charge is 1.92. The maximum Gasteiger partial charge on any atom is 0.119 e. The Balaban J connectivity index is 1.90. The molecule has 0 saturated heterocycles. The molecule has 0 radical (unpaired) electrons. The summed E-state index contributed by atoms with van der Waals surface area (Å²) in [6, 6.07) is 9.94. The second kappa shape index (κ2) is 8.84. The Morgan fingerprint density at radius 3 is 2.31 bits per heavy atom. The number of unbranched alkanes of at least 4 members (excludes halogenated alkanes) is 3. The zero-order valence-corrected chi connectivity index (χ0v) is 9.73. The second-order valence-electron chi connectivity index (χ2n) is 3.61. The molecule has 0 aliphatic carbocycles. The second-order valence-corrected chi connectivity index (χ2v) is 3.61. The summed E-state index contributed by atoms with van der Waals surface area (Å²) in [6.45, 7) is 5.08. The molecule has 0 unspecified atom stereocenters. The highest BCUT2D eigenvalue weighted by atomic mass is 16.5. The van der Waals surface area contributed by atoms with Crippen molar-refractivity contribution >= 4 is 0 Å². The summed E-state index contributed by atoms with van der Waals surface area (Å²) in [4.78, 5) is 0. The summed E-state index contributed by atoms with van der Waals surface area (Å²) in [5, 5.41) is 0. The van der Waals surface area contributed by atoms with Crippen LogP contribution >= 0.6 is 0 Å². The first-order valence-electron chi connectivity index (χ1n) is 5.84. The van der Waals surface area contributed by atoms with Crippen LogP contribution in [0.2, 0.25) is 0 Å². The van der Waals surface area contributed by atoms with E-state index in [4.69, 9.17) is 9.47 Å². The molecule has 0 saturated carbocycles. The average Bonchev–Trinajstić information content (AvgIpc) is 2.34. The van der Waals surface area contributed by atoms with E-state index in [-0.39, 0.29) is 0 Å². The molecule has 88 valence electrons. The van der Waals surface area contributed by atoms with Crippen molar-refractivity contribution in [1.82, 2.24) is 0 Å². The van der Waals surface area contributed by atoms with E-state index >= 15 is 0 Å². The maximum atomic E-state index is 5.59. The highest BCUT2D eigenvalue weighted by Crippen LogP contribution is 2.09. The molecule has 0 heterocycles. The molecule has 0 aromatic heterocycles. The summed E-state index contributed by atoms with van der Waals surface area (Å²) in [6.07, 6.45) is 6.07. The third-order valence-electron chi connectivity index (χ3n) is 2.29. The van der Waals surface area contributed by atoms with Crippen LogP contribution in [0, 0.1) is 0 Å². The van der Waals surface area contributed by atoms with Crippen LogP contribution in [-0.2, 0) is 4.74 Å². The standard InChI is InChI=1S/C14H20O2/c1-2-15-12-8-3-4-9-13-16-14-10-6-5-7-11-14/h2,5-7,10-11H,1,3-4,8-9,12-13H2. The van der Waals surface area contributed by atoms with Crippen molar-refractivity contribution in [2.45, 2.75) is 25.7 Å². The summed E-state index contributed by atoms with van der Waals surface area (Å²) in [7, 11) is 0. The Labute approximate surface area is 97.9 Å². The summed E-state index contributed by atoms with van der Waals surface area (Å²) < 4.78 is 10.6. The summed E-state index contributed by atoms with van der Waals surface area (Å²) in [5.41, 5.74) is 0. The molecular weight excluding hydrogens is 200 g/mol. The van der Waals surface area contributed by atoms with Crippen LogP contribution in [0.15, 0.2) is 43.2 Å². The monoisotopic (exact) mass is 220 g/mol. The summed E-state index contributed by atoms with van der Waals surface area (Å²) >= 11 is 0. The topological polar surface area (TPSA) is 18.5 Å². The van der Waals surface area contributed by atoms with Crippen molar-refractivity contribution in [3.05, 3.63) is 43.2 Å². The van der Waals surface area contributed by atoms with Crippen LogP contribution in [0.25, 0.3) is 0 Å². The number of benzene rings is 1. The van der Waals surface area contributed by atoms with Crippen LogP contribution in [-0.4, -0.2) is 13.2 Å². The molecule has 0 atom stereocenters. The van der Waals surface area contributed by atoms with E-state index in [1.165, 1.54) is 19.1 Å². The molecule has 0 spiro atoms. The molecule has 0 amide bonds. The number of para-hydroxylation sites is 1. The normalized spacial score (nSPS) is 9.75. The van der Waals surface area contributed by atoms with Crippen molar-refractivity contribution in [3.63, 3.8) is 0 Å². The Morgan fingerprint density at radius 2 is 1.62 bits per heavy atom. The van der Waals surface area contributed by atoms with Gasteiger partial charge in [0.2, 0.25) is 0 Å². The van der Waals surface area contributed by atoms with E-state index in [0.29, 0.717) is 0 Å². The van der Waals surface area contributed by atoms with Crippen molar-refractivity contribution in [2.75, 3.05) is 13.2 Å². The van der Waals surface area contributed by atoms with Gasteiger partial charge in [-0.25, -0.2) is 0 Å². The van der Waals surface area contributed by atoms with E-state index in [1.54, 1.807) is 0 Å². The van der Waals surface area contributed by atoms with E-state index < -0.39 is 0 Å². The summed E-state index contributed by atoms with van der Waals surface area (Å²) in [5.74, 6) is 0.956. The Hall–Kier alpha value is -1.44. The SMILES string of the molecule is C=COCCCCCCOc1ccccc1. The minimum Gasteiger partial charge on any atom is -0.502 e. The van der Waals surface area contributed by atoms with E-state index in [2.05, 4.69) is 6.58 Å². The van der Waals surface area contributed by atoms with Gasteiger partial charge in [0, 0.05) is 0 Å². The van der Waals surface area contributed by atoms with Crippen LogP contribution in [0.3, 0.4) is 0 Å².